The SMILES string of the molecule is c1ccc(-c2nc(-c3cccc4c3-c3ccc(-c5ccc6ccc7ccccc7c6c5)cc3C43c4ccccc4Oc4ccccc43)nc(-c3cccc4c3oc3ccccc34)n2)cc1. The van der Waals surface area contributed by atoms with Crippen LogP contribution in [0.25, 0.3) is 99.9 Å². The highest BCUT2D eigenvalue weighted by atomic mass is 16.5. The van der Waals surface area contributed by atoms with Gasteiger partial charge in [-0.3, -0.25) is 0 Å². The first-order valence-corrected chi connectivity index (χ1v) is 22.0. The fourth-order valence-electron chi connectivity index (χ4n) is 10.8. The van der Waals surface area contributed by atoms with E-state index in [0.717, 1.165) is 89.1 Å². The zero-order valence-electron chi connectivity index (χ0n) is 34.9. The number of ether oxygens (including phenoxy) is 1. The molecule has 0 N–H and O–H groups in total. The molecule has 3 heterocycles. The minimum atomic E-state index is -0.719. The summed E-state index contributed by atoms with van der Waals surface area (Å²) < 4.78 is 13.3. The van der Waals surface area contributed by atoms with E-state index in [1.165, 1.54) is 27.1 Å². The van der Waals surface area contributed by atoms with Crippen LogP contribution in [-0.2, 0) is 5.41 Å². The lowest BCUT2D eigenvalue weighted by Gasteiger charge is -2.39. The molecule has 0 atom stereocenters. The van der Waals surface area contributed by atoms with E-state index < -0.39 is 5.41 Å². The van der Waals surface area contributed by atoms with Crippen LogP contribution in [0.5, 0.6) is 11.5 Å². The summed E-state index contributed by atoms with van der Waals surface area (Å²) in [5.41, 5.74) is 12.5. The number of rotatable bonds is 4. The Morgan fingerprint density at radius 2 is 0.923 bits per heavy atom. The Hall–Kier alpha value is -8.67. The summed E-state index contributed by atoms with van der Waals surface area (Å²) in [6.45, 7) is 0. The molecule has 5 heteroatoms. The second-order valence-corrected chi connectivity index (χ2v) is 17.0. The van der Waals surface area contributed by atoms with Gasteiger partial charge in [0.1, 0.15) is 22.7 Å². The van der Waals surface area contributed by atoms with E-state index in [0.29, 0.717) is 17.5 Å². The predicted molar refractivity (Wildman–Crippen MR) is 261 cm³/mol. The number of hydrogen-bond acceptors (Lipinski definition) is 5. The van der Waals surface area contributed by atoms with Crippen LogP contribution in [0.1, 0.15) is 22.3 Å². The van der Waals surface area contributed by atoms with E-state index in [1.54, 1.807) is 0 Å². The van der Waals surface area contributed by atoms with Gasteiger partial charge in [0, 0.05) is 33.0 Å². The Morgan fingerprint density at radius 3 is 1.75 bits per heavy atom. The number of furan rings is 1. The van der Waals surface area contributed by atoms with E-state index in [4.69, 9.17) is 24.1 Å². The maximum Gasteiger partial charge on any atom is 0.167 e. The minimum absolute atomic E-state index is 0.546. The summed E-state index contributed by atoms with van der Waals surface area (Å²) in [5, 5.41) is 7.01. The second kappa shape index (κ2) is 13.7. The molecule has 0 fully saturated rings. The summed E-state index contributed by atoms with van der Waals surface area (Å²) in [4.78, 5) is 15.9. The molecule has 10 aromatic carbocycles. The molecule has 65 heavy (non-hydrogen) atoms. The van der Waals surface area contributed by atoms with Gasteiger partial charge in [-0.25, -0.2) is 15.0 Å². The molecular weight excluding hydrogens is 795 g/mol. The largest absolute Gasteiger partial charge is 0.457 e. The summed E-state index contributed by atoms with van der Waals surface area (Å²) in [6.07, 6.45) is 0. The van der Waals surface area contributed by atoms with Crippen molar-refractivity contribution in [2.24, 2.45) is 0 Å². The van der Waals surface area contributed by atoms with Gasteiger partial charge in [-0.15, -0.1) is 0 Å². The number of hydrogen-bond donors (Lipinski definition) is 0. The first-order chi connectivity index (χ1) is 32.2. The molecule has 2 aliphatic rings. The third-order valence-electron chi connectivity index (χ3n) is 13.6. The van der Waals surface area contributed by atoms with Gasteiger partial charge in [0.2, 0.25) is 0 Å². The quantitative estimate of drug-likeness (QED) is 0.165. The van der Waals surface area contributed by atoms with Gasteiger partial charge in [-0.1, -0.05) is 176 Å². The molecule has 1 aliphatic heterocycles. The predicted octanol–water partition coefficient (Wildman–Crippen LogP) is 15.2. The zero-order chi connectivity index (χ0) is 42.6. The Bertz CT molecular complexity index is 3900. The molecule has 12 aromatic rings. The van der Waals surface area contributed by atoms with Crippen molar-refractivity contribution in [2.45, 2.75) is 5.41 Å². The Labute approximate surface area is 373 Å². The molecule has 1 aliphatic carbocycles. The summed E-state index contributed by atoms with van der Waals surface area (Å²) in [6, 6.07) is 75.1. The lowest BCUT2D eigenvalue weighted by atomic mass is 9.66. The number of fused-ring (bicyclic) bond motifs is 15. The average Bonchev–Trinajstić information content (AvgIpc) is 3.90. The number of benzene rings is 10. The van der Waals surface area contributed by atoms with Crippen LogP contribution in [0.3, 0.4) is 0 Å². The van der Waals surface area contributed by atoms with Crippen molar-refractivity contribution >= 4 is 43.5 Å². The smallest absolute Gasteiger partial charge is 0.167 e. The third kappa shape index (κ3) is 5.18. The highest BCUT2D eigenvalue weighted by Crippen LogP contribution is 2.63. The lowest BCUT2D eigenvalue weighted by Crippen LogP contribution is -2.32. The van der Waals surface area contributed by atoms with Crippen LogP contribution in [0, 0.1) is 0 Å². The molecule has 14 rings (SSSR count). The fraction of sp³-hybridized carbons (Fsp3) is 0.0167. The molecule has 0 unspecified atom stereocenters. The molecule has 2 aromatic heterocycles. The number of nitrogens with zero attached hydrogens (tertiary/aromatic N) is 3. The summed E-state index contributed by atoms with van der Waals surface area (Å²) in [7, 11) is 0. The minimum Gasteiger partial charge on any atom is -0.457 e. The van der Waals surface area contributed by atoms with E-state index in [-0.39, 0.29) is 0 Å². The van der Waals surface area contributed by atoms with Gasteiger partial charge in [0.05, 0.1) is 11.0 Å². The van der Waals surface area contributed by atoms with Crippen molar-refractivity contribution in [3.05, 3.63) is 235 Å². The van der Waals surface area contributed by atoms with Crippen LogP contribution >= 0.6 is 0 Å². The van der Waals surface area contributed by atoms with Crippen LogP contribution in [0.4, 0.5) is 0 Å². The molecule has 5 nitrogen and oxygen atoms in total. The van der Waals surface area contributed by atoms with Crippen molar-refractivity contribution in [3.8, 4) is 67.9 Å². The van der Waals surface area contributed by atoms with Gasteiger partial charge in [0.25, 0.3) is 0 Å². The molecule has 0 bridgehead atoms. The van der Waals surface area contributed by atoms with Crippen LogP contribution in [-0.4, -0.2) is 15.0 Å². The van der Waals surface area contributed by atoms with Crippen molar-refractivity contribution in [2.75, 3.05) is 0 Å². The highest BCUT2D eigenvalue weighted by Gasteiger charge is 2.52. The standard InChI is InChI=1S/C60H35N3O2/c1-2-15-38(16-3-1)57-61-58(63-59(62-57)46-21-12-19-43-42-18-6-9-25-52(42)65-56(43)46)45-20-13-24-50-55(45)44-33-32-40(39-31-30-37-29-28-36-14-4-5-17-41(36)47(37)34-39)35-51(44)60(50)48-22-7-10-26-53(48)64-54-27-11-8-23-49(54)60/h1-35H. The maximum atomic E-state index is 6.76. The number of aromatic nitrogens is 3. The first-order valence-electron chi connectivity index (χ1n) is 22.0. The van der Waals surface area contributed by atoms with Gasteiger partial charge in [0.15, 0.2) is 17.5 Å². The van der Waals surface area contributed by atoms with Crippen molar-refractivity contribution in [3.63, 3.8) is 0 Å². The number of para-hydroxylation sites is 4. The van der Waals surface area contributed by atoms with Crippen LogP contribution in [0.15, 0.2) is 217 Å². The Kier molecular flexibility index (Phi) is 7.54. The Morgan fingerprint density at radius 1 is 0.338 bits per heavy atom. The fourth-order valence-corrected chi connectivity index (χ4v) is 10.8. The first kappa shape index (κ1) is 35.9. The average molecular weight is 830 g/mol. The maximum absolute atomic E-state index is 6.76. The monoisotopic (exact) mass is 829 g/mol. The molecule has 0 saturated heterocycles. The molecule has 0 amide bonds. The van der Waals surface area contributed by atoms with E-state index in [2.05, 4.69) is 170 Å². The van der Waals surface area contributed by atoms with Gasteiger partial charge in [-0.05, 0) is 91.3 Å². The van der Waals surface area contributed by atoms with Crippen molar-refractivity contribution < 1.29 is 9.15 Å². The van der Waals surface area contributed by atoms with Gasteiger partial charge in [-0.2, -0.15) is 0 Å². The van der Waals surface area contributed by atoms with E-state index >= 15 is 0 Å². The lowest BCUT2D eigenvalue weighted by molar-refractivity contribution is 0.436. The molecule has 0 radical (unpaired) electrons. The zero-order valence-corrected chi connectivity index (χ0v) is 34.9. The van der Waals surface area contributed by atoms with Gasteiger partial charge < -0.3 is 9.15 Å². The highest BCUT2D eigenvalue weighted by molar-refractivity contribution is 6.10. The molecule has 0 saturated carbocycles. The topological polar surface area (TPSA) is 61.0 Å². The Balaban J connectivity index is 1.05. The third-order valence-corrected chi connectivity index (χ3v) is 13.6. The van der Waals surface area contributed by atoms with Crippen LogP contribution in [0.2, 0.25) is 0 Å². The van der Waals surface area contributed by atoms with Crippen molar-refractivity contribution in [1.82, 2.24) is 15.0 Å². The normalized spacial score (nSPS) is 13.2. The molecule has 302 valence electrons. The van der Waals surface area contributed by atoms with E-state index in [9.17, 15) is 0 Å². The summed E-state index contributed by atoms with van der Waals surface area (Å²) >= 11 is 0. The van der Waals surface area contributed by atoms with E-state index in [1.807, 2.05) is 42.5 Å². The molecular formula is C60H35N3O2. The molecule has 1 spiro atoms. The second-order valence-electron chi connectivity index (χ2n) is 17.0. The summed E-state index contributed by atoms with van der Waals surface area (Å²) in [5.74, 6) is 3.40. The van der Waals surface area contributed by atoms with Crippen molar-refractivity contribution in [1.29, 1.82) is 0 Å². The van der Waals surface area contributed by atoms with Gasteiger partial charge >= 0.3 is 0 Å². The van der Waals surface area contributed by atoms with Crippen LogP contribution < -0.4 is 4.74 Å².